The highest BCUT2D eigenvalue weighted by Gasteiger charge is 2.57. The van der Waals surface area contributed by atoms with Crippen LogP contribution in [0.2, 0.25) is 0 Å². The molecule has 6 N–H and O–H groups in total. The second-order valence-corrected chi connectivity index (χ2v) is 11.7. The summed E-state index contributed by atoms with van der Waals surface area (Å²) in [5.74, 6) is 0. The van der Waals surface area contributed by atoms with Crippen molar-refractivity contribution in [3.8, 4) is 0 Å². The van der Waals surface area contributed by atoms with Crippen LogP contribution in [0.4, 0.5) is 8.78 Å². The van der Waals surface area contributed by atoms with Gasteiger partial charge in [-0.1, -0.05) is 0 Å². The molecule has 4 atom stereocenters. The first-order valence-corrected chi connectivity index (χ1v) is 12.8. The van der Waals surface area contributed by atoms with Crippen molar-refractivity contribution in [2.24, 2.45) is 0 Å². The van der Waals surface area contributed by atoms with Crippen LogP contribution in [-0.2, 0) is 22.7 Å². The number of halogens is 2. The van der Waals surface area contributed by atoms with Gasteiger partial charge in [0.15, 0.2) is 0 Å². The molecule has 1 aliphatic rings. The summed E-state index contributed by atoms with van der Waals surface area (Å²) in [5.41, 5.74) is -6.00. The van der Waals surface area contributed by atoms with E-state index in [1.54, 1.807) is 0 Å². The van der Waals surface area contributed by atoms with Crippen molar-refractivity contribution in [2.45, 2.75) is 44.2 Å². The molecule has 0 spiro atoms. The third kappa shape index (κ3) is 6.24. The fourth-order valence-corrected chi connectivity index (χ4v) is 6.53. The maximum atomic E-state index is 14.3. The zero-order valence-electron chi connectivity index (χ0n) is 15.0. The molecule has 14 nitrogen and oxygen atoms in total. The van der Waals surface area contributed by atoms with Gasteiger partial charge < -0.3 is 24.3 Å². The minimum absolute atomic E-state index is 0.0287. The SMILES string of the molecule is Cc1cn(C2CC[C@@H](CC(F)(F)P(=O)(O)OP(=O)(O)NP(=O)(O)O)O2)c(=O)[nH]c1=O. The van der Waals surface area contributed by atoms with E-state index in [9.17, 15) is 37.0 Å². The van der Waals surface area contributed by atoms with Crippen LogP contribution in [0.1, 0.15) is 31.1 Å². The number of alkyl halides is 2. The number of rotatable bonds is 8. The summed E-state index contributed by atoms with van der Waals surface area (Å²) in [6.45, 7) is 1.40. The lowest BCUT2D eigenvalue weighted by molar-refractivity contribution is -0.0482. The summed E-state index contributed by atoms with van der Waals surface area (Å²) in [6, 6.07) is 0. The first kappa shape index (κ1) is 25.2. The van der Waals surface area contributed by atoms with Crippen LogP contribution < -0.4 is 16.1 Å². The molecule has 30 heavy (non-hydrogen) atoms. The molecule has 0 aromatic carbocycles. The Hall–Kier alpha value is -1.05. The Balaban J connectivity index is 2.12. The number of hydrogen-bond acceptors (Lipinski definition) is 7. The molecule has 172 valence electrons. The largest absolute Gasteiger partial charge is 0.419 e. The van der Waals surface area contributed by atoms with Gasteiger partial charge in [0.25, 0.3) is 5.56 Å². The number of nitrogens with one attached hydrogen (secondary N) is 2. The Bertz CT molecular complexity index is 1070. The summed E-state index contributed by atoms with van der Waals surface area (Å²) in [7, 11) is -17.5. The van der Waals surface area contributed by atoms with Crippen molar-refractivity contribution in [3.63, 3.8) is 0 Å². The Morgan fingerprint density at radius 1 is 1.27 bits per heavy atom. The molecule has 1 aliphatic heterocycles. The van der Waals surface area contributed by atoms with Crippen LogP contribution in [0, 0.1) is 6.92 Å². The number of ether oxygens (including phenoxy) is 1. The van der Waals surface area contributed by atoms with Gasteiger partial charge in [0, 0.05) is 18.2 Å². The van der Waals surface area contributed by atoms with Crippen molar-refractivity contribution in [3.05, 3.63) is 32.6 Å². The topological polar surface area (TPSA) is 217 Å². The van der Waals surface area contributed by atoms with E-state index >= 15 is 0 Å². The highest BCUT2D eigenvalue weighted by atomic mass is 31.3. The smallest absolute Gasteiger partial charge is 0.354 e. The molecule has 1 aromatic heterocycles. The molecule has 1 aromatic rings. The van der Waals surface area contributed by atoms with E-state index in [1.807, 2.05) is 4.98 Å². The van der Waals surface area contributed by atoms with Crippen LogP contribution in [0.25, 0.3) is 0 Å². The van der Waals surface area contributed by atoms with Crippen molar-refractivity contribution in [1.82, 2.24) is 14.4 Å². The van der Waals surface area contributed by atoms with Gasteiger partial charge in [-0.05, 0) is 19.8 Å². The van der Waals surface area contributed by atoms with Crippen LogP contribution in [0.15, 0.2) is 15.8 Å². The number of aromatic amines is 1. The molecule has 3 unspecified atom stereocenters. The minimum atomic E-state index is -6.22. The highest BCUT2D eigenvalue weighted by molar-refractivity contribution is 7.72. The van der Waals surface area contributed by atoms with E-state index in [0.717, 1.165) is 10.8 Å². The zero-order valence-corrected chi connectivity index (χ0v) is 17.7. The van der Waals surface area contributed by atoms with Crippen molar-refractivity contribution in [1.29, 1.82) is 0 Å². The van der Waals surface area contributed by atoms with Crippen molar-refractivity contribution >= 4 is 23.1 Å². The second-order valence-electron chi connectivity index (χ2n) is 6.41. The Morgan fingerprint density at radius 2 is 1.87 bits per heavy atom. The Labute approximate surface area is 166 Å². The molecule has 2 rings (SSSR count). The van der Waals surface area contributed by atoms with Crippen LogP contribution >= 0.6 is 23.1 Å². The molecule has 0 bridgehead atoms. The molecular weight excluding hydrogens is 481 g/mol. The predicted octanol–water partition coefficient (Wildman–Crippen LogP) is 0.490. The van der Waals surface area contributed by atoms with E-state index in [2.05, 4.69) is 4.31 Å². The van der Waals surface area contributed by atoms with Crippen LogP contribution in [0.3, 0.4) is 0 Å². The maximum Gasteiger partial charge on any atom is 0.419 e. The van der Waals surface area contributed by atoms with Gasteiger partial charge in [-0.15, -0.1) is 4.86 Å². The third-order valence-corrected chi connectivity index (χ3v) is 8.74. The van der Waals surface area contributed by atoms with Gasteiger partial charge in [0.1, 0.15) is 6.23 Å². The lowest BCUT2D eigenvalue weighted by Crippen LogP contribution is -2.33. The number of hydrogen-bond donors (Lipinski definition) is 6. The minimum Gasteiger partial charge on any atom is -0.354 e. The van der Waals surface area contributed by atoms with Crippen molar-refractivity contribution < 1.29 is 51.1 Å². The van der Waals surface area contributed by atoms with Gasteiger partial charge in [0.2, 0.25) is 0 Å². The van der Waals surface area contributed by atoms with E-state index in [4.69, 9.17) is 19.4 Å². The zero-order chi connectivity index (χ0) is 23.1. The molecule has 0 aliphatic carbocycles. The fraction of sp³-hybridized carbons (Fsp3) is 0.636. The molecule has 1 fully saturated rings. The number of H-pyrrole nitrogens is 1. The monoisotopic (exact) mass is 499 g/mol. The lowest BCUT2D eigenvalue weighted by atomic mass is 10.2. The van der Waals surface area contributed by atoms with Gasteiger partial charge in [-0.2, -0.15) is 8.78 Å². The normalized spacial score (nSPS) is 24.4. The van der Waals surface area contributed by atoms with Gasteiger partial charge in [-0.25, -0.2) is 18.2 Å². The lowest BCUT2D eigenvalue weighted by Gasteiger charge is -2.26. The molecule has 2 heterocycles. The van der Waals surface area contributed by atoms with Gasteiger partial charge >= 0.3 is 34.4 Å². The predicted molar refractivity (Wildman–Crippen MR) is 94.7 cm³/mol. The van der Waals surface area contributed by atoms with Gasteiger partial charge in [-0.3, -0.25) is 18.9 Å². The maximum absolute atomic E-state index is 14.3. The van der Waals surface area contributed by atoms with Gasteiger partial charge in [0.05, 0.1) is 6.10 Å². The van der Waals surface area contributed by atoms with E-state index in [0.29, 0.717) is 4.86 Å². The van der Waals surface area contributed by atoms with E-state index in [1.165, 1.54) is 6.92 Å². The quantitative estimate of drug-likeness (QED) is 0.269. The van der Waals surface area contributed by atoms with Crippen LogP contribution in [0.5, 0.6) is 0 Å². The molecule has 19 heteroatoms. The molecule has 0 amide bonds. The number of aryl methyl sites for hydroxylation is 1. The molecular formula is C11H18F2N3O11P3. The number of nitrogens with zero attached hydrogens (tertiary/aromatic N) is 1. The summed E-state index contributed by atoms with van der Waals surface area (Å²) in [4.78, 5) is 61.6. The summed E-state index contributed by atoms with van der Waals surface area (Å²) in [6.07, 6.45) is -2.84. The van der Waals surface area contributed by atoms with Crippen molar-refractivity contribution in [2.75, 3.05) is 0 Å². The first-order chi connectivity index (χ1) is 13.4. The standard InChI is InChI=1S/C11H18F2N3O11P3/c1-6-5-16(10(18)14-9(6)17)8-3-2-7(26-8)4-11(12,13)28(19,20)27-30(24,25)15-29(21,22)23/h5,7-8H,2-4H2,1H3,(H,19,20)(H,14,17,18)(H4,15,21,22,23,24,25)/t7-,8?/m0/s1. The second kappa shape index (κ2) is 8.47. The first-order valence-electron chi connectivity index (χ1n) is 8.00. The summed E-state index contributed by atoms with van der Waals surface area (Å²) in [5, 5.41) is 0. The molecule has 1 saturated heterocycles. The third-order valence-electron chi connectivity index (χ3n) is 3.91. The number of aromatic nitrogens is 2. The Morgan fingerprint density at radius 3 is 2.43 bits per heavy atom. The molecule has 0 radical (unpaired) electrons. The average molecular weight is 499 g/mol. The fourth-order valence-electron chi connectivity index (χ4n) is 2.62. The summed E-state index contributed by atoms with van der Waals surface area (Å²) >= 11 is 0. The Kier molecular flexibility index (Phi) is 7.12. The summed E-state index contributed by atoms with van der Waals surface area (Å²) < 4.78 is 72.2. The van der Waals surface area contributed by atoms with E-state index in [-0.39, 0.29) is 18.4 Å². The molecule has 0 saturated carbocycles. The van der Waals surface area contributed by atoms with Crippen LogP contribution in [-0.4, -0.2) is 40.9 Å². The highest BCUT2D eigenvalue weighted by Crippen LogP contribution is 2.69. The van der Waals surface area contributed by atoms with E-state index < -0.39 is 58.8 Å². The average Bonchev–Trinajstić information content (AvgIpc) is 2.94.